The first-order valence-electron chi connectivity index (χ1n) is 9.80. The molecule has 0 aliphatic carbocycles. The highest BCUT2D eigenvalue weighted by molar-refractivity contribution is 6.46. The molecule has 0 saturated heterocycles. The van der Waals surface area contributed by atoms with Gasteiger partial charge in [-0.05, 0) is 32.8 Å². The summed E-state index contributed by atoms with van der Waals surface area (Å²) < 4.78 is 46.0. The summed E-state index contributed by atoms with van der Waals surface area (Å²) in [7, 11) is -1.47. The van der Waals surface area contributed by atoms with Crippen LogP contribution in [0.2, 0.25) is 0 Å². The summed E-state index contributed by atoms with van der Waals surface area (Å²) in [5.74, 6) is -4.31. The van der Waals surface area contributed by atoms with E-state index in [2.05, 4.69) is 10.1 Å². The number of nitrogens with one attached hydrogen (secondary N) is 1. The first-order chi connectivity index (χ1) is 14.5. The molecule has 12 heteroatoms. The minimum atomic E-state index is -2.97. The normalized spacial score (nSPS) is 17.8. The molecule has 9 nitrogen and oxygen atoms in total. The second-order valence-corrected chi connectivity index (χ2v) is 7.15. The van der Waals surface area contributed by atoms with Gasteiger partial charge in [-0.25, -0.2) is 13.6 Å². The molecule has 3 N–H and O–H groups in total. The number of aliphatic hydroxyl groups excluding tert-OH is 1. The van der Waals surface area contributed by atoms with E-state index < -0.39 is 56.5 Å². The Labute approximate surface area is 178 Å². The molecule has 1 heterocycles. The molecule has 172 valence electrons. The van der Waals surface area contributed by atoms with E-state index in [-0.39, 0.29) is 24.3 Å². The van der Waals surface area contributed by atoms with Crippen LogP contribution in [0.1, 0.15) is 51.0 Å². The highest BCUT2D eigenvalue weighted by Gasteiger charge is 2.38. The molecule has 1 aliphatic rings. The zero-order valence-corrected chi connectivity index (χ0v) is 17.5. The Morgan fingerprint density at radius 1 is 1.42 bits per heavy atom. The summed E-state index contributed by atoms with van der Waals surface area (Å²) in [6.07, 6.45) is -4.51. The summed E-state index contributed by atoms with van der Waals surface area (Å²) in [6, 6.07) is 4.76. The van der Waals surface area contributed by atoms with Gasteiger partial charge < -0.3 is 34.3 Å². The topological polar surface area (TPSA) is 124 Å². The van der Waals surface area contributed by atoms with E-state index in [0.717, 1.165) is 6.92 Å². The van der Waals surface area contributed by atoms with Gasteiger partial charge >= 0.3 is 13.3 Å². The van der Waals surface area contributed by atoms with E-state index in [1.54, 1.807) is 19.1 Å². The fourth-order valence-corrected chi connectivity index (χ4v) is 2.95. The predicted molar refractivity (Wildman–Crippen MR) is 104 cm³/mol. The molecular weight excluding hydrogens is 419 g/mol. The van der Waals surface area contributed by atoms with Gasteiger partial charge in [0.2, 0.25) is 18.1 Å². The van der Waals surface area contributed by atoms with Crippen molar-refractivity contribution in [2.45, 2.75) is 64.5 Å². The van der Waals surface area contributed by atoms with Crippen LogP contribution in [0.15, 0.2) is 18.2 Å². The standard InChI is InChI=1S/C19H26BF2NO8/c1-4-28-18(26)30-11(2)29-17(25)13-7-5-6-12-10-14(20(27)31-16(12)13)23-15(24)8-9-19(3,21)22/h5-7,11,14,17,25,27H,4,8-10H2,1-3H3,(H,23,24)/t11?,14-,17?/m0/s1. The first-order valence-corrected chi connectivity index (χ1v) is 9.80. The lowest BCUT2D eigenvalue weighted by atomic mass is 9.72. The highest BCUT2D eigenvalue weighted by Crippen LogP contribution is 2.34. The zero-order chi connectivity index (χ0) is 23.2. The SMILES string of the molecule is CCOC(=O)OC(C)OC(O)c1cccc2c1OB(O)[C@@H](NC(=O)CCC(C)(F)F)C2. The summed E-state index contributed by atoms with van der Waals surface area (Å²) in [4.78, 5) is 23.3. The van der Waals surface area contributed by atoms with Crippen molar-refractivity contribution < 1.29 is 47.4 Å². The van der Waals surface area contributed by atoms with Crippen molar-refractivity contribution in [3.05, 3.63) is 29.3 Å². The number of amides is 1. The maximum Gasteiger partial charge on any atom is 0.547 e. The number of halogens is 2. The minimum absolute atomic E-state index is 0.116. The Bertz CT molecular complexity index is 776. The van der Waals surface area contributed by atoms with Crippen molar-refractivity contribution in [3.63, 3.8) is 0 Å². The van der Waals surface area contributed by atoms with E-state index in [1.165, 1.54) is 13.0 Å². The zero-order valence-electron chi connectivity index (χ0n) is 17.5. The molecule has 1 amide bonds. The van der Waals surface area contributed by atoms with Crippen LogP contribution in [0.3, 0.4) is 0 Å². The van der Waals surface area contributed by atoms with Gasteiger partial charge in [0.05, 0.1) is 12.5 Å². The van der Waals surface area contributed by atoms with Crippen molar-refractivity contribution in [2.24, 2.45) is 0 Å². The van der Waals surface area contributed by atoms with Crippen LogP contribution in [0.4, 0.5) is 13.6 Å². The highest BCUT2D eigenvalue weighted by atomic mass is 19.3. The Morgan fingerprint density at radius 2 is 2.13 bits per heavy atom. The molecule has 0 fully saturated rings. The maximum absolute atomic E-state index is 12.9. The number of hydrogen-bond donors (Lipinski definition) is 3. The van der Waals surface area contributed by atoms with Crippen molar-refractivity contribution in [1.29, 1.82) is 0 Å². The molecule has 2 rings (SSSR count). The number of hydrogen-bond acceptors (Lipinski definition) is 8. The van der Waals surface area contributed by atoms with E-state index in [1.807, 2.05) is 0 Å². The van der Waals surface area contributed by atoms with E-state index in [4.69, 9.17) is 14.1 Å². The lowest BCUT2D eigenvalue weighted by molar-refractivity contribution is -0.209. The molecular formula is C19H26BF2NO8. The quantitative estimate of drug-likeness (QED) is 0.300. The molecule has 0 aromatic heterocycles. The molecule has 2 unspecified atom stereocenters. The minimum Gasteiger partial charge on any atom is -0.534 e. The Balaban J connectivity index is 2.02. The number of aliphatic hydroxyl groups is 1. The van der Waals surface area contributed by atoms with E-state index in [9.17, 15) is 28.5 Å². The van der Waals surface area contributed by atoms with Crippen molar-refractivity contribution in [3.8, 4) is 5.75 Å². The van der Waals surface area contributed by atoms with Gasteiger partial charge in [-0.1, -0.05) is 18.2 Å². The number of carbonyl (C=O) groups is 2. The molecule has 0 radical (unpaired) electrons. The average molecular weight is 445 g/mol. The number of ether oxygens (including phenoxy) is 3. The van der Waals surface area contributed by atoms with Crippen molar-refractivity contribution in [2.75, 3.05) is 6.61 Å². The third kappa shape index (κ3) is 7.64. The molecule has 0 saturated carbocycles. The second kappa shape index (κ2) is 10.7. The molecule has 0 bridgehead atoms. The lowest BCUT2D eigenvalue weighted by Crippen LogP contribution is -2.53. The summed E-state index contributed by atoms with van der Waals surface area (Å²) >= 11 is 0. The van der Waals surface area contributed by atoms with Crippen LogP contribution >= 0.6 is 0 Å². The van der Waals surface area contributed by atoms with Crippen LogP contribution in [0, 0.1) is 0 Å². The van der Waals surface area contributed by atoms with Gasteiger partial charge in [-0.15, -0.1) is 0 Å². The number of rotatable bonds is 9. The Kier molecular flexibility index (Phi) is 8.60. The monoisotopic (exact) mass is 445 g/mol. The molecule has 1 aliphatic heterocycles. The number of alkyl halides is 2. The second-order valence-electron chi connectivity index (χ2n) is 7.15. The molecule has 1 aromatic carbocycles. The summed E-state index contributed by atoms with van der Waals surface area (Å²) in [5.41, 5.74) is 0.724. The van der Waals surface area contributed by atoms with Gasteiger partial charge in [-0.2, -0.15) is 0 Å². The summed E-state index contributed by atoms with van der Waals surface area (Å²) in [6.45, 7) is 3.83. The van der Waals surface area contributed by atoms with E-state index in [0.29, 0.717) is 5.56 Å². The third-order valence-corrected chi connectivity index (χ3v) is 4.40. The van der Waals surface area contributed by atoms with Crippen LogP contribution < -0.4 is 9.97 Å². The fourth-order valence-electron chi connectivity index (χ4n) is 2.95. The van der Waals surface area contributed by atoms with Crippen molar-refractivity contribution in [1.82, 2.24) is 5.32 Å². The lowest BCUT2D eigenvalue weighted by Gasteiger charge is -2.30. The molecule has 0 spiro atoms. The fraction of sp³-hybridized carbons (Fsp3) is 0.579. The van der Waals surface area contributed by atoms with E-state index >= 15 is 0 Å². The smallest absolute Gasteiger partial charge is 0.534 e. The number of carbonyl (C=O) groups excluding carboxylic acids is 2. The van der Waals surface area contributed by atoms with Gasteiger partial charge in [0.1, 0.15) is 5.75 Å². The predicted octanol–water partition coefficient (Wildman–Crippen LogP) is 2.09. The Morgan fingerprint density at radius 3 is 2.77 bits per heavy atom. The Hall–Kier alpha value is -2.44. The van der Waals surface area contributed by atoms with Gasteiger partial charge in [0, 0.05) is 18.4 Å². The molecule has 31 heavy (non-hydrogen) atoms. The van der Waals surface area contributed by atoms with Gasteiger partial charge in [0.15, 0.2) is 6.29 Å². The molecule has 1 aromatic rings. The average Bonchev–Trinajstić information content (AvgIpc) is 2.66. The number of fused-ring (bicyclic) bond motifs is 1. The van der Waals surface area contributed by atoms with Crippen LogP contribution in [0.5, 0.6) is 5.75 Å². The summed E-state index contributed by atoms with van der Waals surface area (Å²) in [5, 5.41) is 23.1. The number of para-hydroxylation sites is 1. The first kappa shape index (κ1) is 24.8. The van der Waals surface area contributed by atoms with Gasteiger partial charge in [0.25, 0.3) is 0 Å². The largest absolute Gasteiger partial charge is 0.547 e. The van der Waals surface area contributed by atoms with Crippen LogP contribution in [0.25, 0.3) is 0 Å². The van der Waals surface area contributed by atoms with Crippen LogP contribution in [-0.4, -0.2) is 54.1 Å². The van der Waals surface area contributed by atoms with Crippen molar-refractivity contribution >= 4 is 19.2 Å². The maximum atomic E-state index is 12.9. The van der Waals surface area contributed by atoms with Crippen LogP contribution in [-0.2, 0) is 25.4 Å². The number of benzene rings is 1. The third-order valence-electron chi connectivity index (χ3n) is 4.40. The molecule has 3 atom stereocenters. The van der Waals surface area contributed by atoms with Gasteiger partial charge in [-0.3, -0.25) is 4.79 Å².